The van der Waals surface area contributed by atoms with E-state index in [1.54, 1.807) is 23.2 Å². The van der Waals surface area contributed by atoms with E-state index in [4.69, 9.17) is 10.3 Å². The number of carbonyl (C=O) groups excluding carboxylic acids is 2. The molecular weight excluding hydrogens is 340 g/mol. The summed E-state index contributed by atoms with van der Waals surface area (Å²) in [6.45, 7) is 2.91. The Kier molecular flexibility index (Phi) is 5.37. The third-order valence-corrected chi connectivity index (χ3v) is 5.26. The summed E-state index contributed by atoms with van der Waals surface area (Å²) >= 11 is 1.46. The van der Waals surface area contributed by atoms with Crippen molar-refractivity contribution in [2.45, 2.75) is 30.5 Å². The van der Waals surface area contributed by atoms with Gasteiger partial charge in [0.1, 0.15) is 10.8 Å². The van der Waals surface area contributed by atoms with Crippen LogP contribution in [-0.2, 0) is 10.5 Å². The van der Waals surface area contributed by atoms with Crippen LogP contribution < -0.4 is 5.73 Å². The number of nitrogens with two attached hydrogens (primary N) is 1. The number of carbonyl (C=O) groups is 2. The van der Waals surface area contributed by atoms with E-state index in [1.807, 2.05) is 13.0 Å². The lowest BCUT2D eigenvalue weighted by Crippen LogP contribution is -2.41. The predicted molar refractivity (Wildman–Crippen MR) is 92.9 cm³/mol. The van der Waals surface area contributed by atoms with E-state index in [9.17, 15) is 9.59 Å². The van der Waals surface area contributed by atoms with Gasteiger partial charge < -0.3 is 15.2 Å². The topological polar surface area (TPSA) is 102 Å². The number of thioether (sulfide) groups is 1. The number of primary amides is 1. The Morgan fingerprint density at radius 1 is 1.40 bits per heavy atom. The molecule has 1 aliphatic heterocycles. The normalized spacial score (nSPS) is 15.3. The molecule has 2 aromatic rings. The molecule has 0 atom stereocenters. The van der Waals surface area contributed by atoms with Crippen molar-refractivity contribution in [1.29, 1.82) is 0 Å². The maximum absolute atomic E-state index is 12.8. The minimum atomic E-state index is -0.285. The highest BCUT2D eigenvalue weighted by Crippen LogP contribution is 2.26. The summed E-state index contributed by atoms with van der Waals surface area (Å²) in [6.07, 6.45) is 2.90. The maximum Gasteiger partial charge on any atom is 0.256 e. The smallest absolute Gasteiger partial charge is 0.256 e. The number of likely N-dealkylation sites (tertiary alicyclic amines) is 1. The second kappa shape index (κ2) is 7.69. The van der Waals surface area contributed by atoms with Gasteiger partial charge in [-0.2, -0.15) is 0 Å². The van der Waals surface area contributed by atoms with Crippen molar-refractivity contribution in [2.24, 2.45) is 11.7 Å². The molecule has 0 radical (unpaired) electrons. The van der Waals surface area contributed by atoms with Crippen LogP contribution in [0.25, 0.3) is 0 Å². The number of amides is 2. The molecule has 1 fully saturated rings. The molecule has 0 unspecified atom stereocenters. The summed E-state index contributed by atoms with van der Waals surface area (Å²) in [5, 5.41) is 4.63. The molecule has 132 valence electrons. The van der Waals surface area contributed by atoms with E-state index in [2.05, 4.69) is 10.1 Å². The summed E-state index contributed by atoms with van der Waals surface area (Å²) in [6, 6.07) is 5.41. The van der Waals surface area contributed by atoms with Crippen LogP contribution >= 0.6 is 11.8 Å². The molecule has 0 aliphatic carbocycles. The SMILES string of the molecule is Cc1cc(CSc2ncccc2C(=O)N2CCC(C(N)=O)CC2)no1. The van der Waals surface area contributed by atoms with Crippen LogP contribution in [0, 0.1) is 12.8 Å². The van der Waals surface area contributed by atoms with Crippen LogP contribution in [0.4, 0.5) is 0 Å². The van der Waals surface area contributed by atoms with Gasteiger partial charge in [0.15, 0.2) is 0 Å². The van der Waals surface area contributed by atoms with Crippen molar-refractivity contribution < 1.29 is 14.1 Å². The molecule has 0 saturated carbocycles. The van der Waals surface area contributed by atoms with E-state index in [-0.39, 0.29) is 17.7 Å². The third-order valence-electron chi connectivity index (χ3n) is 4.22. The van der Waals surface area contributed by atoms with Gasteiger partial charge in [-0.1, -0.05) is 16.9 Å². The molecule has 3 rings (SSSR count). The fraction of sp³-hybridized carbons (Fsp3) is 0.412. The first-order valence-corrected chi connectivity index (χ1v) is 9.11. The fourth-order valence-corrected chi connectivity index (χ4v) is 3.70. The number of rotatable bonds is 5. The quantitative estimate of drug-likeness (QED) is 0.818. The van der Waals surface area contributed by atoms with Crippen molar-refractivity contribution in [1.82, 2.24) is 15.0 Å². The van der Waals surface area contributed by atoms with Crippen LogP contribution in [0.15, 0.2) is 33.9 Å². The summed E-state index contributed by atoms with van der Waals surface area (Å²) < 4.78 is 5.06. The number of hydrogen-bond donors (Lipinski definition) is 1. The molecule has 2 amide bonds. The van der Waals surface area contributed by atoms with E-state index in [1.165, 1.54) is 11.8 Å². The Morgan fingerprint density at radius 2 is 2.16 bits per heavy atom. The number of aryl methyl sites for hydroxylation is 1. The Hall–Kier alpha value is -2.35. The van der Waals surface area contributed by atoms with Crippen molar-refractivity contribution in [3.8, 4) is 0 Å². The lowest BCUT2D eigenvalue weighted by Gasteiger charge is -2.30. The van der Waals surface area contributed by atoms with Crippen molar-refractivity contribution >= 4 is 23.6 Å². The van der Waals surface area contributed by atoms with E-state index < -0.39 is 0 Å². The first-order valence-electron chi connectivity index (χ1n) is 8.13. The molecule has 0 bridgehead atoms. The van der Waals surface area contributed by atoms with Gasteiger partial charge in [0.05, 0.1) is 11.3 Å². The number of aromatic nitrogens is 2. The number of hydrogen-bond acceptors (Lipinski definition) is 6. The average molecular weight is 360 g/mol. The summed E-state index contributed by atoms with van der Waals surface area (Å²) in [5.74, 6) is 0.855. The van der Waals surface area contributed by atoms with Crippen LogP contribution in [-0.4, -0.2) is 39.9 Å². The highest BCUT2D eigenvalue weighted by molar-refractivity contribution is 7.98. The highest BCUT2D eigenvalue weighted by atomic mass is 32.2. The molecule has 2 N–H and O–H groups in total. The summed E-state index contributed by atoms with van der Waals surface area (Å²) in [7, 11) is 0. The van der Waals surface area contributed by atoms with Gasteiger partial charge in [-0.15, -0.1) is 0 Å². The first-order chi connectivity index (χ1) is 12.0. The summed E-state index contributed by atoms with van der Waals surface area (Å²) in [4.78, 5) is 30.2. The van der Waals surface area contributed by atoms with Gasteiger partial charge in [0.2, 0.25) is 5.91 Å². The molecule has 1 aliphatic rings. The molecular formula is C17H20N4O3S. The zero-order valence-electron chi connectivity index (χ0n) is 14.0. The van der Waals surface area contributed by atoms with Crippen LogP contribution in [0.5, 0.6) is 0 Å². The Labute approximate surface area is 149 Å². The van der Waals surface area contributed by atoms with Crippen LogP contribution in [0.2, 0.25) is 0 Å². The van der Waals surface area contributed by atoms with Crippen LogP contribution in [0.1, 0.15) is 34.7 Å². The van der Waals surface area contributed by atoms with E-state index >= 15 is 0 Å². The standard InChI is InChI=1S/C17H20N4O3S/c1-11-9-13(20-24-11)10-25-16-14(3-2-6-19-16)17(23)21-7-4-12(5-8-21)15(18)22/h2-3,6,9,12H,4-5,7-8,10H2,1H3,(H2,18,22). The number of piperidine rings is 1. The van der Waals surface area contributed by atoms with Crippen LogP contribution in [0.3, 0.4) is 0 Å². The van der Waals surface area contributed by atoms with Gasteiger partial charge in [-0.3, -0.25) is 9.59 Å². The number of pyridine rings is 1. The minimum Gasteiger partial charge on any atom is -0.369 e. The maximum atomic E-state index is 12.8. The molecule has 7 nitrogen and oxygen atoms in total. The monoisotopic (exact) mass is 360 g/mol. The second-order valence-electron chi connectivity index (χ2n) is 6.04. The minimum absolute atomic E-state index is 0.0603. The van der Waals surface area contributed by atoms with Gasteiger partial charge in [-0.05, 0) is 31.9 Å². The molecule has 25 heavy (non-hydrogen) atoms. The van der Waals surface area contributed by atoms with E-state index in [0.717, 1.165) is 11.5 Å². The van der Waals surface area contributed by atoms with E-state index in [0.29, 0.717) is 42.3 Å². The first kappa shape index (κ1) is 17.5. The third kappa shape index (κ3) is 4.19. The van der Waals surface area contributed by atoms with Gasteiger partial charge in [0.25, 0.3) is 5.91 Å². The lowest BCUT2D eigenvalue weighted by atomic mass is 9.96. The van der Waals surface area contributed by atoms with Gasteiger partial charge >= 0.3 is 0 Å². The number of nitrogens with zero attached hydrogens (tertiary/aromatic N) is 3. The molecule has 1 saturated heterocycles. The Balaban J connectivity index is 1.67. The Morgan fingerprint density at radius 3 is 2.80 bits per heavy atom. The van der Waals surface area contributed by atoms with Crippen molar-refractivity contribution in [3.05, 3.63) is 41.4 Å². The average Bonchev–Trinajstić information content (AvgIpc) is 3.05. The molecule has 3 heterocycles. The summed E-state index contributed by atoms with van der Waals surface area (Å²) in [5.41, 5.74) is 6.74. The van der Waals surface area contributed by atoms with Crippen molar-refractivity contribution in [2.75, 3.05) is 13.1 Å². The zero-order chi connectivity index (χ0) is 17.8. The lowest BCUT2D eigenvalue weighted by molar-refractivity contribution is -0.123. The van der Waals surface area contributed by atoms with Gasteiger partial charge in [0, 0.05) is 37.0 Å². The zero-order valence-corrected chi connectivity index (χ0v) is 14.8. The molecule has 2 aromatic heterocycles. The van der Waals surface area contributed by atoms with Crippen molar-refractivity contribution in [3.63, 3.8) is 0 Å². The molecule has 0 spiro atoms. The second-order valence-corrected chi connectivity index (χ2v) is 7.01. The highest BCUT2D eigenvalue weighted by Gasteiger charge is 2.27. The largest absolute Gasteiger partial charge is 0.369 e. The predicted octanol–water partition coefficient (Wildman–Crippen LogP) is 2.01. The Bertz CT molecular complexity index is 769. The molecule has 0 aromatic carbocycles. The molecule has 8 heteroatoms. The fourth-order valence-electron chi connectivity index (χ4n) is 2.83. The van der Waals surface area contributed by atoms with Gasteiger partial charge in [-0.25, -0.2) is 4.98 Å².